The number of piperidine rings is 1. The van der Waals surface area contributed by atoms with Crippen molar-refractivity contribution in [3.63, 3.8) is 0 Å². The first-order valence-electron chi connectivity index (χ1n) is 9.37. The van der Waals surface area contributed by atoms with Crippen LogP contribution in [0.15, 0.2) is 55.0 Å². The maximum atomic E-state index is 12.5. The Kier molecular flexibility index (Phi) is 5.18. The van der Waals surface area contributed by atoms with Crippen molar-refractivity contribution in [2.75, 3.05) is 23.3 Å². The molecule has 1 aliphatic heterocycles. The van der Waals surface area contributed by atoms with Gasteiger partial charge in [0.1, 0.15) is 11.6 Å². The lowest BCUT2D eigenvalue weighted by Crippen LogP contribution is -2.49. The lowest BCUT2D eigenvalue weighted by molar-refractivity contribution is 0.246. The number of anilines is 2. The topological polar surface area (TPSA) is 88.0 Å². The largest absolute Gasteiger partial charge is 0.353 e. The predicted octanol–water partition coefficient (Wildman–Crippen LogP) is 2.67. The fourth-order valence-corrected chi connectivity index (χ4v) is 3.43. The van der Waals surface area contributed by atoms with Crippen LogP contribution in [-0.2, 0) is 7.05 Å². The van der Waals surface area contributed by atoms with Gasteiger partial charge in [0.05, 0.1) is 11.9 Å². The number of nitrogens with one attached hydrogen (secondary N) is 2. The molecule has 3 aromatic rings. The van der Waals surface area contributed by atoms with Crippen LogP contribution in [-0.4, -0.2) is 44.9 Å². The van der Waals surface area contributed by atoms with Gasteiger partial charge in [0.2, 0.25) is 0 Å². The molecule has 0 radical (unpaired) electrons. The third kappa shape index (κ3) is 4.11. The molecular weight excluding hydrogens is 354 g/mol. The maximum Gasteiger partial charge on any atom is 0.320 e. The third-order valence-corrected chi connectivity index (χ3v) is 4.82. The molecule has 1 fully saturated rings. The molecule has 1 aliphatic rings. The van der Waals surface area contributed by atoms with Gasteiger partial charge >= 0.3 is 6.03 Å². The molecule has 1 atom stereocenters. The molecule has 144 valence electrons. The van der Waals surface area contributed by atoms with Gasteiger partial charge in [-0.25, -0.2) is 9.78 Å². The minimum Gasteiger partial charge on any atom is -0.353 e. The van der Waals surface area contributed by atoms with Crippen LogP contribution in [0, 0.1) is 0 Å². The van der Waals surface area contributed by atoms with Crippen molar-refractivity contribution in [3.05, 3.63) is 55.0 Å². The summed E-state index contributed by atoms with van der Waals surface area (Å²) in [6, 6.07) is 11.6. The zero-order chi connectivity index (χ0) is 19.3. The van der Waals surface area contributed by atoms with Crippen molar-refractivity contribution in [2.24, 2.45) is 7.05 Å². The molecule has 1 aromatic carbocycles. The van der Waals surface area contributed by atoms with Gasteiger partial charge in [-0.15, -0.1) is 0 Å². The molecule has 0 bridgehead atoms. The zero-order valence-corrected chi connectivity index (χ0v) is 15.7. The molecule has 8 heteroatoms. The van der Waals surface area contributed by atoms with Crippen LogP contribution in [0.3, 0.4) is 0 Å². The number of hydrogen-bond acceptors (Lipinski definition) is 5. The summed E-state index contributed by atoms with van der Waals surface area (Å²) in [7, 11) is 1.82. The Morgan fingerprint density at radius 2 is 2.07 bits per heavy atom. The molecule has 0 aliphatic carbocycles. The summed E-state index contributed by atoms with van der Waals surface area (Å²) in [4.78, 5) is 23.1. The molecule has 2 aromatic heterocycles. The molecule has 2 N–H and O–H groups in total. The Morgan fingerprint density at radius 1 is 1.21 bits per heavy atom. The summed E-state index contributed by atoms with van der Waals surface area (Å²) >= 11 is 0. The van der Waals surface area contributed by atoms with E-state index in [2.05, 4.69) is 30.6 Å². The molecule has 0 saturated carbocycles. The van der Waals surface area contributed by atoms with E-state index in [9.17, 15) is 4.79 Å². The highest BCUT2D eigenvalue weighted by molar-refractivity contribution is 5.89. The Labute approximate surface area is 163 Å². The first-order valence-corrected chi connectivity index (χ1v) is 9.37. The number of aryl methyl sites for hydroxylation is 1. The second-order valence-corrected chi connectivity index (χ2v) is 6.85. The van der Waals surface area contributed by atoms with Gasteiger partial charge in [-0.3, -0.25) is 15.0 Å². The van der Waals surface area contributed by atoms with E-state index < -0.39 is 0 Å². The van der Waals surface area contributed by atoms with Crippen LogP contribution >= 0.6 is 0 Å². The summed E-state index contributed by atoms with van der Waals surface area (Å²) in [5, 5.41) is 10.5. The molecular formula is C20H23N7O. The van der Waals surface area contributed by atoms with Crippen LogP contribution < -0.4 is 15.5 Å². The number of carbonyl (C=O) groups is 1. The Hall–Kier alpha value is -3.42. The van der Waals surface area contributed by atoms with Crippen molar-refractivity contribution in [2.45, 2.75) is 18.9 Å². The lowest BCUT2D eigenvalue weighted by atomic mass is 10.1. The van der Waals surface area contributed by atoms with Gasteiger partial charge in [0.15, 0.2) is 0 Å². The average molecular weight is 377 g/mol. The number of carbonyl (C=O) groups excluding carboxylic acids is 1. The second-order valence-electron chi connectivity index (χ2n) is 6.85. The van der Waals surface area contributed by atoms with E-state index in [-0.39, 0.29) is 12.1 Å². The van der Waals surface area contributed by atoms with Crippen molar-refractivity contribution >= 4 is 17.7 Å². The standard InChI is InChI=1S/C20H23N7O/c1-26-18(12-17(25-26)15-6-3-2-4-7-15)24-20(28)23-16-8-5-11-27(14-16)19-13-21-9-10-22-19/h2-4,6-7,9-10,12-13,16H,5,8,11,14H2,1H3,(H2,23,24,28). The van der Waals surface area contributed by atoms with Crippen LogP contribution in [0.25, 0.3) is 11.3 Å². The minimum atomic E-state index is -0.228. The summed E-state index contributed by atoms with van der Waals surface area (Å²) < 4.78 is 1.68. The Bertz CT molecular complexity index is 926. The molecule has 0 spiro atoms. The van der Waals surface area contributed by atoms with E-state index in [1.807, 2.05) is 43.4 Å². The zero-order valence-electron chi connectivity index (χ0n) is 15.7. The normalized spacial score (nSPS) is 16.6. The summed E-state index contributed by atoms with van der Waals surface area (Å²) in [6.07, 6.45) is 7.03. The highest BCUT2D eigenvalue weighted by Crippen LogP contribution is 2.21. The number of benzene rings is 1. The highest BCUT2D eigenvalue weighted by Gasteiger charge is 2.23. The third-order valence-electron chi connectivity index (χ3n) is 4.82. The van der Waals surface area contributed by atoms with Gasteiger partial charge in [0.25, 0.3) is 0 Å². The van der Waals surface area contributed by atoms with E-state index in [0.29, 0.717) is 12.4 Å². The van der Waals surface area contributed by atoms with Gasteiger partial charge in [0, 0.05) is 50.2 Å². The van der Waals surface area contributed by atoms with Crippen LogP contribution in [0.4, 0.5) is 16.4 Å². The van der Waals surface area contributed by atoms with Crippen LogP contribution in [0.1, 0.15) is 12.8 Å². The second kappa shape index (κ2) is 8.08. The van der Waals surface area contributed by atoms with E-state index >= 15 is 0 Å². The Morgan fingerprint density at radius 3 is 2.86 bits per heavy atom. The highest BCUT2D eigenvalue weighted by atomic mass is 16.2. The molecule has 8 nitrogen and oxygen atoms in total. The fraction of sp³-hybridized carbons (Fsp3) is 0.300. The van der Waals surface area contributed by atoms with Gasteiger partial charge in [-0.05, 0) is 12.8 Å². The quantitative estimate of drug-likeness (QED) is 0.730. The van der Waals surface area contributed by atoms with E-state index in [0.717, 1.165) is 36.5 Å². The molecule has 3 heterocycles. The van der Waals surface area contributed by atoms with Crippen molar-refractivity contribution in [1.82, 2.24) is 25.1 Å². The number of hydrogen-bond donors (Lipinski definition) is 2. The van der Waals surface area contributed by atoms with Crippen LogP contribution in [0.5, 0.6) is 0 Å². The van der Waals surface area contributed by atoms with E-state index in [1.165, 1.54) is 0 Å². The monoisotopic (exact) mass is 377 g/mol. The summed E-state index contributed by atoms with van der Waals surface area (Å²) in [6.45, 7) is 1.63. The Balaban J connectivity index is 1.37. The predicted molar refractivity (Wildman–Crippen MR) is 108 cm³/mol. The molecule has 1 unspecified atom stereocenters. The average Bonchev–Trinajstić information content (AvgIpc) is 3.10. The lowest BCUT2D eigenvalue weighted by Gasteiger charge is -2.33. The maximum absolute atomic E-state index is 12.5. The van der Waals surface area contributed by atoms with Crippen molar-refractivity contribution < 1.29 is 4.79 Å². The van der Waals surface area contributed by atoms with Crippen molar-refractivity contribution in [3.8, 4) is 11.3 Å². The number of amides is 2. The van der Waals surface area contributed by atoms with E-state index in [1.54, 1.807) is 23.3 Å². The first kappa shape index (κ1) is 18.0. The van der Waals surface area contributed by atoms with Crippen molar-refractivity contribution in [1.29, 1.82) is 0 Å². The minimum absolute atomic E-state index is 0.0533. The summed E-state index contributed by atoms with van der Waals surface area (Å²) in [5.41, 5.74) is 1.84. The SMILES string of the molecule is Cn1nc(-c2ccccc2)cc1NC(=O)NC1CCCN(c2cnccn2)C1. The van der Waals surface area contributed by atoms with Crippen LogP contribution in [0.2, 0.25) is 0 Å². The number of nitrogens with zero attached hydrogens (tertiary/aromatic N) is 5. The smallest absolute Gasteiger partial charge is 0.320 e. The van der Waals surface area contributed by atoms with Gasteiger partial charge in [-0.2, -0.15) is 5.10 Å². The first-order chi connectivity index (χ1) is 13.7. The molecule has 1 saturated heterocycles. The molecule has 4 rings (SSSR count). The number of rotatable bonds is 4. The molecule has 2 amide bonds. The number of urea groups is 1. The van der Waals surface area contributed by atoms with Gasteiger partial charge in [-0.1, -0.05) is 30.3 Å². The van der Waals surface area contributed by atoms with E-state index in [4.69, 9.17) is 0 Å². The number of aromatic nitrogens is 4. The fourth-order valence-electron chi connectivity index (χ4n) is 3.43. The summed E-state index contributed by atoms with van der Waals surface area (Å²) in [5.74, 6) is 1.49. The molecule has 28 heavy (non-hydrogen) atoms. The van der Waals surface area contributed by atoms with Gasteiger partial charge < -0.3 is 10.2 Å².